The van der Waals surface area contributed by atoms with Gasteiger partial charge in [-0.05, 0) is 66.9 Å². The van der Waals surface area contributed by atoms with Crippen LogP contribution in [0.25, 0.3) is 10.9 Å². The number of hydrogen-bond donors (Lipinski definition) is 1. The summed E-state index contributed by atoms with van der Waals surface area (Å²) < 4.78 is 27.0. The van der Waals surface area contributed by atoms with Gasteiger partial charge in [0.1, 0.15) is 19.0 Å². The lowest BCUT2D eigenvalue weighted by Gasteiger charge is -2.33. The third-order valence-corrected chi connectivity index (χ3v) is 7.31. The number of benzene rings is 2. The number of fused-ring (bicyclic) bond motifs is 2. The van der Waals surface area contributed by atoms with Crippen LogP contribution in [-0.2, 0) is 18.6 Å². The van der Waals surface area contributed by atoms with Gasteiger partial charge in [-0.2, -0.15) is 0 Å². The van der Waals surface area contributed by atoms with Gasteiger partial charge in [0.05, 0.1) is 17.1 Å². The molecule has 9 nitrogen and oxygen atoms in total. The first-order chi connectivity index (χ1) is 18.3. The lowest BCUT2D eigenvalue weighted by molar-refractivity contribution is 0.150. The SMILES string of the molecule is CC[C@H](c1nnnn1C(C)(C)CC)N(Cc1ccc(F)cc1)Cc1cc2cc3c(cc2[nH]c1=O)OCCO3. The van der Waals surface area contributed by atoms with Crippen LogP contribution in [0.1, 0.15) is 63.5 Å². The van der Waals surface area contributed by atoms with E-state index in [-0.39, 0.29) is 23.0 Å². The van der Waals surface area contributed by atoms with E-state index in [0.29, 0.717) is 55.3 Å². The molecule has 0 unspecified atom stereocenters. The van der Waals surface area contributed by atoms with E-state index in [1.807, 2.05) is 16.8 Å². The van der Waals surface area contributed by atoms with Gasteiger partial charge in [-0.15, -0.1) is 5.10 Å². The molecule has 3 heterocycles. The van der Waals surface area contributed by atoms with Crippen molar-refractivity contribution in [1.29, 1.82) is 0 Å². The highest BCUT2D eigenvalue weighted by atomic mass is 19.1. The first-order valence-electron chi connectivity index (χ1n) is 13.0. The lowest BCUT2D eigenvalue weighted by atomic mass is 10.0. The van der Waals surface area contributed by atoms with Crippen molar-refractivity contribution in [1.82, 2.24) is 30.1 Å². The molecule has 0 radical (unpaired) electrons. The van der Waals surface area contributed by atoms with Crippen molar-refractivity contribution in [3.8, 4) is 11.5 Å². The zero-order chi connectivity index (χ0) is 26.9. The molecule has 0 saturated heterocycles. The fraction of sp³-hybridized carbons (Fsp3) is 0.429. The minimum atomic E-state index is -0.290. The summed E-state index contributed by atoms with van der Waals surface area (Å²) in [5.74, 6) is 1.73. The molecule has 0 spiro atoms. The number of rotatable bonds is 9. The van der Waals surface area contributed by atoms with E-state index in [2.05, 4.69) is 53.1 Å². The summed E-state index contributed by atoms with van der Waals surface area (Å²) in [6.07, 6.45) is 1.56. The number of pyridine rings is 1. The summed E-state index contributed by atoms with van der Waals surface area (Å²) in [4.78, 5) is 18.4. The molecule has 1 atom stereocenters. The molecule has 0 aliphatic carbocycles. The molecule has 0 amide bonds. The second-order valence-corrected chi connectivity index (χ2v) is 10.3. The molecule has 2 aromatic heterocycles. The van der Waals surface area contributed by atoms with E-state index in [0.717, 1.165) is 23.2 Å². The Morgan fingerprint density at radius 1 is 1.08 bits per heavy atom. The Morgan fingerprint density at radius 3 is 2.47 bits per heavy atom. The minimum absolute atomic E-state index is 0.179. The van der Waals surface area contributed by atoms with Gasteiger partial charge in [0.25, 0.3) is 5.56 Å². The predicted molar refractivity (Wildman–Crippen MR) is 142 cm³/mol. The third-order valence-electron chi connectivity index (χ3n) is 7.31. The van der Waals surface area contributed by atoms with Crippen molar-refractivity contribution in [2.45, 2.75) is 65.2 Å². The van der Waals surface area contributed by atoms with Gasteiger partial charge in [-0.25, -0.2) is 9.07 Å². The number of H-pyrrole nitrogens is 1. The molecule has 1 aliphatic rings. The van der Waals surface area contributed by atoms with E-state index in [9.17, 15) is 9.18 Å². The fourth-order valence-corrected chi connectivity index (χ4v) is 4.81. The normalized spacial score (nSPS) is 14.3. The van der Waals surface area contributed by atoms with Crippen molar-refractivity contribution < 1.29 is 13.9 Å². The maximum absolute atomic E-state index is 13.7. The molecule has 0 bridgehead atoms. The average molecular weight is 521 g/mol. The van der Waals surface area contributed by atoms with Gasteiger partial charge in [0.2, 0.25) is 0 Å². The lowest BCUT2D eigenvalue weighted by Crippen LogP contribution is -2.36. The van der Waals surface area contributed by atoms with Crippen LogP contribution in [0.5, 0.6) is 11.5 Å². The smallest absolute Gasteiger partial charge is 0.252 e. The van der Waals surface area contributed by atoms with Crippen molar-refractivity contribution in [3.05, 3.63) is 75.6 Å². The quantitative estimate of drug-likeness (QED) is 0.341. The molecule has 1 aliphatic heterocycles. The maximum Gasteiger partial charge on any atom is 0.252 e. The molecular weight excluding hydrogens is 487 g/mol. The van der Waals surface area contributed by atoms with Crippen LogP contribution in [-0.4, -0.2) is 43.3 Å². The first kappa shape index (κ1) is 25.8. The summed E-state index contributed by atoms with van der Waals surface area (Å²) in [6, 6.07) is 11.9. The molecular formula is C28H33FN6O3. The van der Waals surface area contributed by atoms with E-state index in [1.54, 1.807) is 18.2 Å². The topological polar surface area (TPSA) is 98.2 Å². The zero-order valence-electron chi connectivity index (χ0n) is 22.2. The summed E-state index contributed by atoms with van der Waals surface area (Å²) in [5.41, 5.74) is 1.75. The highest BCUT2D eigenvalue weighted by Gasteiger charge is 2.31. The van der Waals surface area contributed by atoms with Gasteiger partial charge in [-0.3, -0.25) is 9.69 Å². The number of nitrogens with one attached hydrogen (secondary N) is 1. The maximum atomic E-state index is 13.7. The number of aromatic nitrogens is 5. The Balaban J connectivity index is 1.55. The van der Waals surface area contributed by atoms with Gasteiger partial charge in [0.15, 0.2) is 17.3 Å². The second kappa shape index (κ2) is 10.5. The number of nitrogens with zero attached hydrogens (tertiary/aromatic N) is 5. The molecule has 0 fully saturated rings. The zero-order valence-corrected chi connectivity index (χ0v) is 22.2. The largest absolute Gasteiger partial charge is 0.486 e. The molecule has 2 aromatic carbocycles. The highest BCUT2D eigenvalue weighted by Crippen LogP contribution is 2.34. The van der Waals surface area contributed by atoms with Crippen LogP contribution < -0.4 is 15.0 Å². The molecule has 38 heavy (non-hydrogen) atoms. The van der Waals surface area contributed by atoms with E-state index in [4.69, 9.17) is 9.47 Å². The van der Waals surface area contributed by atoms with Crippen LogP contribution >= 0.6 is 0 Å². The van der Waals surface area contributed by atoms with E-state index >= 15 is 0 Å². The van der Waals surface area contributed by atoms with Crippen LogP contribution in [0.3, 0.4) is 0 Å². The molecule has 1 N–H and O–H groups in total. The monoisotopic (exact) mass is 520 g/mol. The van der Waals surface area contributed by atoms with Gasteiger partial charge in [-0.1, -0.05) is 26.0 Å². The predicted octanol–water partition coefficient (Wildman–Crippen LogP) is 4.72. The minimum Gasteiger partial charge on any atom is -0.486 e. The van der Waals surface area contributed by atoms with Gasteiger partial charge >= 0.3 is 0 Å². The molecule has 4 aromatic rings. The Labute approximate surface area is 220 Å². The molecule has 200 valence electrons. The summed E-state index contributed by atoms with van der Waals surface area (Å²) in [5, 5.41) is 13.6. The second-order valence-electron chi connectivity index (χ2n) is 10.3. The number of hydrogen-bond acceptors (Lipinski definition) is 7. The van der Waals surface area contributed by atoms with E-state index in [1.165, 1.54) is 12.1 Å². The van der Waals surface area contributed by atoms with E-state index < -0.39 is 0 Å². The first-order valence-corrected chi connectivity index (χ1v) is 13.0. The van der Waals surface area contributed by atoms with Gasteiger partial charge < -0.3 is 14.5 Å². The van der Waals surface area contributed by atoms with Crippen molar-refractivity contribution >= 4 is 10.9 Å². The molecule has 10 heteroatoms. The fourth-order valence-electron chi connectivity index (χ4n) is 4.81. The van der Waals surface area contributed by atoms with Crippen LogP contribution in [0, 0.1) is 5.82 Å². The molecule has 5 rings (SSSR count). The third kappa shape index (κ3) is 5.13. The van der Waals surface area contributed by atoms with Crippen LogP contribution in [0.4, 0.5) is 4.39 Å². The summed E-state index contributed by atoms with van der Waals surface area (Å²) in [6.45, 7) is 10.2. The summed E-state index contributed by atoms with van der Waals surface area (Å²) in [7, 11) is 0. The highest BCUT2D eigenvalue weighted by molar-refractivity contribution is 5.83. The number of halogens is 1. The van der Waals surface area contributed by atoms with Gasteiger partial charge in [0, 0.05) is 30.1 Å². The standard InChI is InChI=1S/C28H33FN6O3/c1-5-23(26-31-32-33-35(26)28(3,4)6-2)34(16-18-7-9-21(29)10-8-18)17-20-13-19-14-24-25(38-12-11-37-24)15-22(19)30-27(20)36/h7-10,13-15,23H,5-6,11-12,16-17H2,1-4H3,(H,30,36)/t23-/m1/s1. The number of aromatic amines is 1. The van der Waals surface area contributed by atoms with Crippen molar-refractivity contribution in [2.24, 2.45) is 0 Å². The Kier molecular flexibility index (Phi) is 7.16. The van der Waals surface area contributed by atoms with Crippen molar-refractivity contribution in [2.75, 3.05) is 13.2 Å². The summed E-state index contributed by atoms with van der Waals surface area (Å²) >= 11 is 0. The Hall–Kier alpha value is -3.79. The van der Waals surface area contributed by atoms with Crippen molar-refractivity contribution in [3.63, 3.8) is 0 Å². The van der Waals surface area contributed by atoms with Crippen LogP contribution in [0.2, 0.25) is 0 Å². The number of tetrazole rings is 1. The number of ether oxygens (including phenoxy) is 2. The average Bonchev–Trinajstić information content (AvgIpc) is 3.40. The van der Waals surface area contributed by atoms with Crippen LogP contribution in [0.15, 0.2) is 47.3 Å². The molecule has 0 saturated carbocycles. The Morgan fingerprint density at radius 2 is 1.79 bits per heavy atom. The Bertz CT molecular complexity index is 1480.